The number of primary amides is 1. The normalized spacial score (nSPS) is 25.6. The van der Waals surface area contributed by atoms with Crippen LogP contribution in [0.1, 0.15) is 33.5 Å². The highest BCUT2D eigenvalue weighted by atomic mass is 16.5. The number of likely N-dealkylation sites (N-methyl/N-ethyl adjacent to an activating group) is 1. The predicted molar refractivity (Wildman–Crippen MR) is 146 cm³/mol. The van der Waals surface area contributed by atoms with Gasteiger partial charge in [-0.1, -0.05) is 12.1 Å². The summed E-state index contributed by atoms with van der Waals surface area (Å²) in [5.41, 5.74) is 4.30. The maximum Gasteiger partial charge on any atom is 0.337 e. The van der Waals surface area contributed by atoms with E-state index in [0.717, 1.165) is 5.56 Å². The van der Waals surface area contributed by atoms with E-state index in [0.29, 0.717) is 22.3 Å². The summed E-state index contributed by atoms with van der Waals surface area (Å²) in [4.78, 5) is 53.1. The first-order chi connectivity index (χ1) is 19.2. The second-order valence-electron chi connectivity index (χ2n) is 11.0. The number of ketones is 2. The van der Waals surface area contributed by atoms with Gasteiger partial charge in [-0.15, -0.1) is 0 Å². The number of fused-ring (bicyclic) bond motifs is 3. The number of phenolic OH excluding ortho intramolecular Hbond substituents is 1. The zero-order chi connectivity index (χ0) is 30.1. The number of nitrogens with two attached hydrogens (primary N) is 1. The second kappa shape index (κ2) is 9.57. The van der Waals surface area contributed by atoms with Gasteiger partial charge in [0.25, 0.3) is 5.91 Å². The molecule has 4 unspecified atom stereocenters. The van der Waals surface area contributed by atoms with Gasteiger partial charge in [0.1, 0.15) is 22.8 Å². The van der Waals surface area contributed by atoms with Crippen molar-refractivity contribution in [3.8, 4) is 16.9 Å². The molecule has 1 fully saturated rings. The fourth-order valence-corrected chi connectivity index (χ4v) is 6.69. The number of carbonyl (C=O) groups excluding carboxylic acids is 4. The molecule has 4 atom stereocenters. The van der Waals surface area contributed by atoms with Crippen LogP contribution in [0.3, 0.4) is 0 Å². The maximum absolute atomic E-state index is 14.0. The largest absolute Gasteiger partial charge is 0.508 e. The molecule has 2 aromatic carbocycles. The van der Waals surface area contributed by atoms with Crippen LogP contribution in [0.15, 0.2) is 47.2 Å². The van der Waals surface area contributed by atoms with E-state index in [2.05, 4.69) is 0 Å². The highest BCUT2D eigenvalue weighted by Gasteiger charge is 2.64. The molecule has 11 nitrogen and oxygen atoms in total. The number of benzene rings is 2. The van der Waals surface area contributed by atoms with Gasteiger partial charge >= 0.3 is 5.97 Å². The monoisotopic (exact) mass is 562 g/mol. The zero-order valence-electron chi connectivity index (χ0n) is 22.9. The summed E-state index contributed by atoms with van der Waals surface area (Å²) in [7, 11) is 4.36. The van der Waals surface area contributed by atoms with Gasteiger partial charge in [0.2, 0.25) is 5.78 Å². The van der Waals surface area contributed by atoms with Crippen molar-refractivity contribution in [3.05, 3.63) is 69.5 Å². The van der Waals surface area contributed by atoms with Crippen LogP contribution in [-0.2, 0) is 25.5 Å². The smallest absolute Gasteiger partial charge is 0.337 e. The van der Waals surface area contributed by atoms with Crippen LogP contribution in [0.2, 0.25) is 0 Å². The molecule has 0 saturated heterocycles. The Hall–Kier alpha value is -4.48. The summed E-state index contributed by atoms with van der Waals surface area (Å²) in [5, 5.41) is 44.9. The van der Waals surface area contributed by atoms with E-state index in [1.165, 1.54) is 18.1 Å². The number of ether oxygens (including phenoxy) is 1. The van der Waals surface area contributed by atoms with Crippen LogP contribution in [0.5, 0.6) is 5.75 Å². The number of rotatable bonds is 4. The Labute approximate surface area is 235 Å². The Morgan fingerprint density at radius 2 is 1.78 bits per heavy atom. The molecule has 3 aliphatic rings. The number of hydrogen-bond acceptors (Lipinski definition) is 10. The number of aliphatic hydroxyl groups excluding tert-OH is 2. The van der Waals surface area contributed by atoms with Gasteiger partial charge in [0.05, 0.1) is 24.3 Å². The van der Waals surface area contributed by atoms with Gasteiger partial charge in [-0.3, -0.25) is 19.3 Å². The van der Waals surface area contributed by atoms with Gasteiger partial charge in [-0.25, -0.2) is 4.79 Å². The third-order valence-corrected chi connectivity index (χ3v) is 8.41. The quantitative estimate of drug-likeness (QED) is 0.271. The van der Waals surface area contributed by atoms with Crippen molar-refractivity contribution in [2.75, 3.05) is 21.2 Å². The van der Waals surface area contributed by atoms with Crippen molar-refractivity contribution in [1.29, 1.82) is 0 Å². The van der Waals surface area contributed by atoms with Crippen LogP contribution in [0.25, 0.3) is 16.9 Å². The average Bonchev–Trinajstić information content (AvgIpc) is 2.89. The molecular formula is C30H30N2O9. The van der Waals surface area contributed by atoms with Crippen LogP contribution in [0.4, 0.5) is 0 Å². The third kappa shape index (κ3) is 3.95. The van der Waals surface area contributed by atoms with E-state index >= 15 is 0 Å². The van der Waals surface area contributed by atoms with E-state index in [9.17, 15) is 39.6 Å². The summed E-state index contributed by atoms with van der Waals surface area (Å²) < 4.78 is 4.87. The summed E-state index contributed by atoms with van der Waals surface area (Å²) in [5.74, 6) is -7.66. The van der Waals surface area contributed by atoms with Crippen molar-refractivity contribution in [3.63, 3.8) is 0 Å². The molecule has 5 rings (SSSR count). The Morgan fingerprint density at radius 1 is 1.10 bits per heavy atom. The maximum atomic E-state index is 14.0. The topological polar surface area (TPSA) is 188 Å². The minimum Gasteiger partial charge on any atom is -0.508 e. The Bertz CT molecular complexity index is 1620. The number of Topliss-reactive ketones (excluding diaryl/α,β-unsaturated/α-hetero) is 2. The van der Waals surface area contributed by atoms with Crippen molar-refractivity contribution in [1.82, 2.24) is 4.90 Å². The summed E-state index contributed by atoms with van der Waals surface area (Å²) >= 11 is 0. The lowest BCUT2D eigenvalue weighted by Crippen LogP contribution is -2.65. The zero-order valence-corrected chi connectivity index (χ0v) is 22.9. The molecule has 6 N–H and O–H groups in total. The number of carbonyl (C=O) groups is 4. The van der Waals surface area contributed by atoms with Crippen LogP contribution in [0, 0.1) is 18.8 Å². The molecule has 41 heavy (non-hydrogen) atoms. The molecule has 2 aromatic rings. The van der Waals surface area contributed by atoms with Crippen molar-refractivity contribution in [2.45, 2.75) is 31.4 Å². The SMILES string of the molecule is COC(=O)c1cc(C)cc(-c2ccc(O)c3c2CC2CC4C(N(C)C)C(=O)C(C(N)=O)=C(O)C4(O)C(=O)C2=C3O)c1. The number of esters is 1. The first-order valence-electron chi connectivity index (χ1n) is 12.9. The lowest BCUT2D eigenvalue weighted by atomic mass is 9.57. The van der Waals surface area contributed by atoms with Crippen LogP contribution < -0.4 is 5.73 Å². The highest BCUT2D eigenvalue weighted by molar-refractivity contribution is 6.24. The molecule has 0 aromatic heterocycles. The fourth-order valence-electron chi connectivity index (χ4n) is 6.69. The van der Waals surface area contributed by atoms with Gasteiger partial charge in [-0.05, 0) is 80.2 Å². The molecule has 0 radical (unpaired) electrons. The Balaban J connectivity index is 1.73. The first kappa shape index (κ1) is 28.1. The van der Waals surface area contributed by atoms with E-state index in [1.807, 2.05) is 6.07 Å². The standard InChI is InChI=1S/C30H30N2O9/c1-12-7-13(9-15(8-12)29(39)41-4)16-5-6-19(33)21-17(16)10-14-11-18-23(32(2)3)25(35)22(28(31)38)27(37)30(18,40)26(36)20(14)24(21)34/h5-9,14,18,23,33-34,37,40H,10-11H2,1-4H3,(H2,31,38). The van der Waals surface area contributed by atoms with Crippen molar-refractivity contribution >= 4 is 29.2 Å². The molecule has 1 amide bonds. The van der Waals surface area contributed by atoms with E-state index in [4.69, 9.17) is 10.5 Å². The minimum atomic E-state index is -2.70. The third-order valence-electron chi connectivity index (χ3n) is 8.41. The Kier molecular flexibility index (Phi) is 6.55. The summed E-state index contributed by atoms with van der Waals surface area (Å²) in [6.45, 7) is 1.81. The number of hydrogen-bond donors (Lipinski definition) is 5. The summed E-state index contributed by atoms with van der Waals surface area (Å²) in [6, 6.07) is 6.94. The van der Waals surface area contributed by atoms with Crippen LogP contribution in [-0.4, -0.2) is 81.6 Å². The molecule has 1 saturated carbocycles. The fraction of sp³-hybridized carbons (Fsp3) is 0.333. The number of phenols is 1. The number of methoxy groups -OCH3 is 1. The average molecular weight is 563 g/mol. The highest BCUT2D eigenvalue weighted by Crippen LogP contribution is 2.53. The van der Waals surface area contributed by atoms with Gasteiger partial charge in [-0.2, -0.15) is 0 Å². The number of aliphatic hydroxyl groups is 3. The predicted octanol–water partition coefficient (Wildman–Crippen LogP) is 1.73. The lowest BCUT2D eigenvalue weighted by molar-refractivity contribution is -0.153. The number of amides is 1. The molecular weight excluding hydrogens is 532 g/mol. The first-order valence-corrected chi connectivity index (χ1v) is 12.9. The van der Waals surface area contributed by atoms with E-state index < -0.39 is 64.0 Å². The Morgan fingerprint density at radius 3 is 2.39 bits per heavy atom. The minimum absolute atomic E-state index is 0.0257. The lowest BCUT2D eigenvalue weighted by Gasteiger charge is -2.50. The molecule has 0 bridgehead atoms. The van der Waals surface area contributed by atoms with Gasteiger partial charge in [0.15, 0.2) is 11.4 Å². The van der Waals surface area contributed by atoms with Gasteiger partial charge in [0, 0.05) is 11.5 Å². The molecule has 3 aliphatic carbocycles. The van der Waals surface area contributed by atoms with Gasteiger partial charge < -0.3 is 30.9 Å². The van der Waals surface area contributed by atoms with E-state index in [-0.39, 0.29) is 29.7 Å². The van der Waals surface area contributed by atoms with E-state index in [1.54, 1.807) is 39.2 Å². The summed E-state index contributed by atoms with van der Waals surface area (Å²) in [6.07, 6.45) is 0.0991. The molecule has 11 heteroatoms. The molecule has 0 aliphatic heterocycles. The number of aryl methyl sites for hydroxylation is 1. The van der Waals surface area contributed by atoms with Crippen molar-refractivity contribution in [2.24, 2.45) is 17.6 Å². The molecule has 0 spiro atoms. The molecule has 214 valence electrons. The second-order valence-corrected chi connectivity index (χ2v) is 11.0. The van der Waals surface area contributed by atoms with Crippen LogP contribution >= 0.6 is 0 Å². The van der Waals surface area contributed by atoms with Crippen molar-refractivity contribution < 1.29 is 44.3 Å². The molecule has 0 heterocycles. The number of aromatic hydroxyl groups is 1. The number of nitrogens with zero attached hydrogens (tertiary/aromatic N) is 1.